The molecule has 0 unspecified atom stereocenters. The number of halogens is 1. The van der Waals surface area contributed by atoms with E-state index in [0.717, 1.165) is 5.56 Å². The Morgan fingerprint density at radius 1 is 1.20 bits per heavy atom. The monoisotopic (exact) mass is 294 g/mol. The Bertz CT molecular complexity index is 592. The van der Waals surface area contributed by atoms with Crippen LogP contribution in [0, 0.1) is 0 Å². The van der Waals surface area contributed by atoms with Crippen molar-refractivity contribution >= 4 is 17.5 Å². The van der Waals surface area contributed by atoms with Crippen LogP contribution in [0.2, 0.25) is 5.02 Å². The van der Waals surface area contributed by atoms with E-state index in [2.05, 4.69) is 15.0 Å². The lowest BCUT2D eigenvalue weighted by Crippen LogP contribution is -2.11. The van der Waals surface area contributed by atoms with Crippen molar-refractivity contribution < 1.29 is 9.47 Å². The van der Waals surface area contributed by atoms with Gasteiger partial charge in [0.15, 0.2) is 0 Å². The molecule has 2 rings (SSSR count). The number of anilines is 1. The summed E-state index contributed by atoms with van der Waals surface area (Å²) in [7, 11) is 0. The van der Waals surface area contributed by atoms with Crippen LogP contribution in [0.5, 0.6) is 12.0 Å². The summed E-state index contributed by atoms with van der Waals surface area (Å²) in [6, 6.07) is 7.60. The lowest BCUT2D eigenvalue weighted by molar-refractivity contribution is 0.212. The molecule has 0 spiro atoms. The van der Waals surface area contributed by atoms with Crippen molar-refractivity contribution in [1.29, 1.82) is 0 Å². The van der Waals surface area contributed by atoms with Gasteiger partial charge in [-0.1, -0.05) is 23.7 Å². The van der Waals surface area contributed by atoms with Crippen molar-refractivity contribution in [2.75, 3.05) is 5.73 Å². The average Bonchev–Trinajstić information content (AvgIpc) is 2.35. The van der Waals surface area contributed by atoms with Crippen molar-refractivity contribution in [3.63, 3.8) is 0 Å². The summed E-state index contributed by atoms with van der Waals surface area (Å²) in [5.74, 6) is 0.0525. The first-order valence-electron chi connectivity index (χ1n) is 6.08. The molecule has 1 aromatic heterocycles. The lowest BCUT2D eigenvalue weighted by Gasteiger charge is -2.09. The predicted molar refractivity (Wildman–Crippen MR) is 75.8 cm³/mol. The molecule has 106 valence electrons. The molecular weight excluding hydrogens is 280 g/mol. The molecule has 0 bridgehead atoms. The molecule has 2 aromatic rings. The molecule has 6 nitrogen and oxygen atoms in total. The van der Waals surface area contributed by atoms with Gasteiger partial charge in [0.2, 0.25) is 5.95 Å². The minimum Gasteiger partial charge on any atom is -0.461 e. The highest BCUT2D eigenvalue weighted by molar-refractivity contribution is 6.30. The molecule has 1 heterocycles. The van der Waals surface area contributed by atoms with Crippen LogP contribution < -0.4 is 15.2 Å². The number of nitrogen functional groups attached to an aromatic ring is 1. The molecule has 0 saturated carbocycles. The van der Waals surface area contributed by atoms with E-state index in [-0.39, 0.29) is 30.7 Å². The zero-order valence-corrected chi connectivity index (χ0v) is 12.0. The summed E-state index contributed by atoms with van der Waals surface area (Å²) >= 11 is 5.90. The van der Waals surface area contributed by atoms with Gasteiger partial charge < -0.3 is 15.2 Å². The van der Waals surface area contributed by atoms with Gasteiger partial charge in [0, 0.05) is 5.02 Å². The maximum atomic E-state index is 5.90. The topological polar surface area (TPSA) is 83.2 Å². The third-order valence-corrected chi connectivity index (χ3v) is 2.44. The van der Waals surface area contributed by atoms with Crippen LogP contribution in [0.3, 0.4) is 0 Å². The zero-order valence-electron chi connectivity index (χ0n) is 11.2. The minimum atomic E-state index is -0.0578. The van der Waals surface area contributed by atoms with Gasteiger partial charge in [-0.15, -0.1) is 4.98 Å². The molecule has 0 radical (unpaired) electrons. The molecule has 7 heteroatoms. The Morgan fingerprint density at radius 2 is 1.95 bits per heavy atom. The Morgan fingerprint density at radius 3 is 2.65 bits per heavy atom. The van der Waals surface area contributed by atoms with Crippen molar-refractivity contribution in [3.05, 3.63) is 34.9 Å². The summed E-state index contributed by atoms with van der Waals surface area (Å²) in [6.07, 6.45) is -0.0578. The van der Waals surface area contributed by atoms with Gasteiger partial charge in [-0.2, -0.15) is 9.97 Å². The molecule has 0 aliphatic heterocycles. The fourth-order valence-corrected chi connectivity index (χ4v) is 1.67. The highest BCUT2D eigenvalue weighted by Gasteiger charge is 2.08. The van der Waals surface area contributed by atoms with Gasteiger partial charge >= 0.3 is 12.0 Å². The summed E-state index contributed by atoms with van der Waals surface area (Å²) in [5, 5.41) is 0.644. The predicted octanol–water partition coefficient (Wildman–Crippen LogP) is 2.47. The van der Waals surface area contributed by atoms with E-state index < -0.39 is 0 Å². The highest BCUT2D eigenvalue weighted by atomic mass is 35.5. The van der Waals surface area contributed by atoms with Gasteiger partial charge in [0.1, 0.15) is 6.61 Å². The number of nitrogens with zero attached hydrogens (tertiary/aromatic N) is 3. The van der Waals surface area contributed by atoms with Crippen LogP contribution in [0.15, 0.2) is 24.3 Å². The second-order valence-corrected chi connectivity index (χ2v) is 4.78. The van der Waals surface area contributed by atoms with Crippen LogP contribution in [0.25, 0.3) is 0 Å². The fraction of sp³-hybridized carbons (Fsp3) is 0.308. The molecule has 1 aromatic carbocycles. The van der Waals surface area contributed by atoms with E-state index in [4.69, 9.17) is 26.8 Å². The third-order valence-electron chi connectivity index (χ3n) is 2.21. The van der Waals surface area contributed by atoms with E-state index in [1.807, 2.05) is 26.0 Å². The molecule has 0 fully saturated rings. The molecule has 20 heavy (non-hydrogen) atoms. The average molecular weight is 295 g/mol. The Kier molecular flexibility index (Phi) is 4.57. The molecule has 2 N–H and O–H groups in total. The Balaban J connectivity index is 2.07. The van der Waals surface area contributed by atoms with Gasteiger partial charge in [-0.3, -0.25) is 0 Å². The molecule has 0 aliphatic rings. The van der Waals surface area contributed by atoms with E-state index >= 15 is 0 Å². The first-order valence-corrected chi connectivity index (χ1v) is 6.46. The largest absolute Gasteiger partial charge is 0.461 e. The summed E-state index contributed by atoms with van der Waals surface area (Å²) in [6.45, 7) is 4.02. The van der Waals surface area contributed by atoms with E-state index in [9.17, 15) is 0 Å². The standard InChI is InChI=1S/C13H15ClN4O2/c1-8(2)20-13-17-11(15)16-12(18-13)19-7-9-4-3-5-10(14)6-9/h3-6,8H,7H2,1-2H3,(H2,15,16,17,18). The van der Waals surface area contributed by atoms with E-state index in [0.29, 0.717) is 5.02 Å². The first kappa shape index (κ1) is 14.3. The second-order valence-electron chi connectivity index (χ2n) is 4.34. The van der Waals surface area contributed by atoms with Crippen LogP contribution in [0.1, 0.15) is 19.4 Å². The lowest BCUT2D eigenvalue weighted by atomic mass is 10.2. The number of ether oxygens (including phenoxy) is 2. The van der Waals surface area contributed by atoms with Crippen LogP contribution in [0.4, 0.5) is 5.95 Å². The quantitative estimate of drug-likeness (QED) is 0.912. The molecule has 0 saturated heterocycles. The minimum absolute atomic E-state index is 0.0525. The SMILES string of the molecule is CC(C)Oc1nc(N)nc(OCc2cccc(Cl)c2)n1. The van der Waals surface area contributed by atoms with Gasteiger partial charge in [-0.25, -0.2) is 0 Å². The van der Waals surface area contributed by atoms with Gasteiger partial charge in [-0.05, 0) is 31.5 Å². The van der Waals surface area contributed by atoms with Crippen LogP contribution in [-0.2, 0) is 6.61 Å². The third kappa shape index (κ3) is 4.24. The van der Waals surface area contributed by atoms with Gasteiger partial charge in [0.05, 0.1) is 6.10 Å². The fourth-order valence-electron chi connectivity index (χ4n) is 1.46. The molecule has 0 amide bonds. The van der Waals surface area contributed by atoms with E-state index in [1.54, 1.807) is 12.1 Å². The number of hydrogen-bond donors (Lipinski definition) is 1. The molecule has 0 atom stereocenters. The number of aromatic nitrogens is 3. The maximum absolute atomic E-state index is 5.90. The molecular formula is C13H15ClN4O2. The smallest absolute Gasteiger partial charge is 0.324 e. The molecule has 0 aliphatic carbocycles. The van der Waals surface area contributed by atoms with Crippen molar-refractivity contribution in [3.8, 4) is 12.0 Å². The van der Waals surface area contributed by atoms with E-state index in [1.165, 1.54) is 0 Å². The van der Waals surface area contributed by atoms with Crippen molar-refractivity contribution in [1.82, 2.24) is 15.0 Å². The second kappa shape index (κ2) is 6.38. The van der Waals surface area contributed by atoms with Gasteiger partial charge in [0.25, 0.3) is 0 Å². The first-order chi connectivity index (χ1) is 9.52. The zero-order chi connectivity index (χ0) is 14.5. The Labute approximate surface area is 121 Å². The number of benzene rings is 1. The van der Waals surface area contributed by atoms with Crippen LogP contribution >= 0.6 is 11.6 Å². The summed E-state index contributed by atoms with van der Waals surface area (Å²) in [4.78, 5) is 11.8. The summed E-state index contributed by atoms with van der Waals surface area (Å²) < 4.78 is 10.8. The van der Waals surface area contributed by atoms with Crippen molar-refractivity contribution in [2.45, 2.75) is 26.6 Å². The summed E-state index contributed by atoms with van der Waals surface area (Å²) in [5.41, 5.74) is 6.49. The number of nitrogens with two attached hydrogens (primary N) is 1. The highest BCUT2D eigenvalue weighted by Crippen LogP contribution is 2.15. The normalized spacial score (nSPS) is 10.6. The number of hydrogen-bond acceptors (Lipinski definition) is 6. The Hall–Kier alpha value is -2.08. The van der Waals surface area contributed by atoms with Crippen LogP contribution in [-0.4, -0.2) is 21.1 Å². The number of rotatable bonds is 5. The van der Waals surface area contributed by atoms with Crippen molar-refractivity contribution in [2.24, 2.45) is 0 Å². The maximum Gasteiger partial charge on any atom is 0.324 e.